The van der Waals surface area contributed by atoms with Crippen LogP contribution in [0.5, 0.6) is 0 Å². The predicted molar refractivity (Wildman–Crippen MR) is 111 cm³/mol. The molecule has 1 fully saturated rings. The first-order valence-electron chi connectivity index (χ1n) is 9.77. The zero-order valence-corrected chi connectivity index (χ0v) is 17.2. The monoisotopic (exact) mass is 408 g/mol. The van der Waals surface area contributed by atoms with Crippen LogP contribution in [0.2, 0.25) is 0 Å². The van der Waals surface area contributed by atoms with Gasteiger partial charge in [0, 0.05) is 19.1 Å². The number of anilines is 1. The van der Waals surface area contributed by atoms with E-state index < -0.39 is 11.8 Å². The standard InChI is InChI=1S/C20H24N8O2/c1-20(2,3)12-4-6-14(7-5-12)28-17-15(25-26-28)10-22-19(24-17)23-13-8-9-27(11-13)18(30)16(21)29/h4-7,10,13H,8-9,11H2,1-3H3,(H2,21,29)(H,22,23,24). The van der Waals surface area contributed by atoms with E-state index in [2.05, 4.69) is 58.5 Å². The highest BCUT2D eigenvalue weighted by Crippen LogP contribution is 2.24. The molecule has 2 amide bonds. The fourth-order valence-electron chi connectivity index (χ4n) is 3.48. The number of likely N-dealkylation sites (tertiary alicyclic amines) is 1. The second kappa shape index (κ2) is 7.36. The Labute approximate surface area is 173 Å². The van der Waals surface area contributed by atoms with Crippen LogP contribution in [0.25, 0.3) is 16.9 Å². The molecule has 30 heavy (non-hydrogen) atoms. The van der Waals surface area contributed by atoms with Gasteiger partial charge in [0.25, 0.3) is 0 Å². The molecule has 4 rings (SSSR count). The molecule has 1 aliphatic heterocycles. The minimum absolute atomic E-state index is 0.0628. The number of rotatable bonds is 3. The first-order chi connectivity index (χ1) is 14.2. The van der Waals surface area contributed by atoms with E-state index >= 15 is 0 Å². The summed E-state index contributed by atoms with van der Waals surface area (Å²) in [7, 11) is 0. The predicted octanol–water partition coefficient (Wildman–Crippen LogP) is 1.01. The molecule has 1 saturated heterocycles. The Kier molecular flexibility index (Phi) is 4.84. The number of hydrogen-bond donors (Lipinski definition) is 2. The van der Waals surface area contributed by atoms with Gasteiger partial charge in [0.05, 0.1) is 11.9 Å². The van der Waals surface area contributed by atoms with Gasteiger partial charge in [-0.25, -0.2) is 4.98 Å². The van der Waals surface area contributed by atoms with Gasteiger partial charge >= 0.3 is 11.8 Å². The third kappa shape index (κ3) is 3.80. The van der Waals surface area contributed by atoms with Gasteiger partial charge in [-0.1, -0.05) is 38.1 Å². The molecule has 1 aromatic carbocycles. The van der Waals surface area contributed by atoms with E-state index in [1.165, 1.54) is 10.5 Å². The van der Waals surface area contributed by atoms with Gasteiger partial charge < -0.3 is 16.0 Å². The van der Waals surface area contributed by atoms with Crippen LogP contribution in [0.4, 0.5) is 5.95 Å². The summed E-state index contributed by atoms with van der Waals surface area (Å²) in [4.78, 5) is 33.1. The van der Waals surface area contributed by atoms with Crippen LogP contribution < -0.4 is 11.1 Å². The third-order valence-electron chi connectivity index (χ3n) is 5.19. The molecule has 0 spiro atoms. The SMILES string of the molecule is CC(C)(C)c1ccc(-n2nnc3cnc(NC4CCN(C(=O)C(N)=O)C4)nc32)cc1. The molecule has 0 radical (unpaired) electrons. The molecular weight excluding hydrogens is 384 g/mol. The van der Waals surface area contributed by atoms with Gasteiger partial charge in [0.15, 0.2) is 11.2 Å². The summed E-state index contributed by atoms with van der Waals surface area (Å²) < 4.78 is 1.67. The smallest absolute Gasteiger partial charge is 0.311 e. The summed E-state index contributed by atoms with van der Waals surface area (Å²) in [5.74, 6) is -1.20. The number of nitrogens with one attached hydrogen (secondary N) is 1. The minimum atomic E-state index is -0.944. The van der Waals surface area contributed by atoms with Crippen molar-refractivity contribution < 1.29 is 9.59 Å². The molecule has 1 unspecified atom stereocenters. The van der Waals surface area contributed by atoms with Crippen molar-refractivity contribution in [2.75, 3.05) is 18.4 Å². The lowest BCUT2D eigenvalue weighted by Crippen LogP contribution is -2.40. The summed E-state index contributed by atoms with van der Waals surface area (Å²) >= 11 is 0. The lowest BCUT2D eigenvalue weighted by Gasteiger charge is -2.19. The average Bonchev–Trinajstić information content (AvgIpc) is 3.33. The molecule has 2 aromatic heterocycles. The third-order valence-corrected chi connectivity index (χ3v) is 5.19. The van der Waals surface area contributed by atoms with E-state index in [1.807, 2.05) is 12.1 Å². The molecule has 3 N–H and O–H groups in total. The van der Waals surface area contributed by atoms with Gasteiger partial charge in [-0.15, -0.1) is 5.10 Å². The second-order valence-corrected chi connectivity index (χ2v) is 8.45. The molecule has 0 bridgehead atoms. The van der Waals surface area contributed by atoms with Gasteiger partial charge in [0.1, 0.15) is 0 Å². The van der Waals surface area contributed by atoms with E-state index in [-0.39, 0.29) is 11.5 Å². The Morgan fingerprint density at radius 1 is 1.20 bits per heavy atom. The van der Waals surface area contributed by atoms with Crippen LogP contribution in [0.3, 0.4) is 0 Å². The lowest BCUT2D eigenvalue weighted by molar-refractivity contribution is -0.143. The molecule has 0 saturated carbocycles. The van der Waals surface area contributed by atoms with Crippen molar-refractivity contribution in [3.05, 3.63) is 36.0 Å². The quantitative estimate of drug-likeness (QED) is 0.618. The number of carbonyl (C=O) groups excluding carboxylic acids is 2. The van der Waals surface area contributed by atoms with Crippen LogP contribution in [0.15, 0.2) is 30.5 Å². The summed E-state index contributed by atoms with van der Waals surface area (Å²) in [6.07, 6.45) is 2.28. The normalized spacial score (nSPS) is 16.8. The van der Waals surface area contributed by atoms with Crippen LogP contribution in [0.1, 0.15) is 32.8 Å². The highest BCUT2D eigenvalue weighted by molar-refractivity contribution is 6.34. The number of hydrogen-bond acceptors (Lipinski definition) is 7. The molecule has 1 atom stereocenters. The van der Waals surface area contributed by atoms with Crippen LogP contribution >= 0.6 is 0 Å². The van der Waals surface area contributed by atoms with Crippen molar-refractivity contribution in [3.63, 3.8) is 0 Å². The maximum Gasteiger partial charge on any atom is 0.311 e. The van der Waals surface area contributed by atoms with Gasteiger partial charge in [-0.2, -0.15) is 9.67 Å². The summed E-state index contributed by atoms with van der Waals surface area (Å²) in [6.45, 7) is 7.33. The van der Waals surface area contributed by atoms with Crippen LogP contribution in [-0.4, -0.2) is 60.8 Å². The van der Waals surface area contributed by atoms with Crippen LogP contribution in [-0.2, 0) is 15.0 Å². The van der Waals surface area contributed by atoms with Crippen molar-refractivity contribution in [1.82, 2.24) is 29.9 Å². The zero-order valence-electron chi connectivity index (χ0n) is 17.2. The fourth-order valence-corrected chi connectivity index (χ4v) is 3.48. The number of benzene rings is 1. The average molecular weight is 408 g/mol. The van der Waals surface area contributed by atoms with Crippen molar-refractivity contribution in [2.45, 2.75) is 38.6 Å². The van der Waals surface area contributed by atoms with E-state index in [4.69, 9.17) is 5.73 Å². The van der Waals surface area contributed by atoms with Crippen molar-refractivity contribution in [2.24, 2.45) is 5.73 Å². The molecule has 156 valence electrons. The maximum absolute atomic E-state index is 11.7. The molecule has 1 aliphatic rings. The summed E-state index contributed by atoms with van der Waals surface area (Å²) in [6, 6.07) is 8.07. The van der Waals surface area contributed by atoms with Gasteiger partial charge in [0.2, 0.25) is 5.95 Å². The van der Waals surface area contributed by atoms with E-state index in [9.17, 15) is 9.59 Å². The number of primary amides is 1. The Hall–Kier alpha value is -3.56. The van der Waals surface area contributed by atoms with Gasteiger partial charge in [-0.05, 0) is 29.5 Å². The number of fused-ring (bicyclic) bond motifs is 1. The maximum atomic E-state index is 11.7. The molecular formula is C20H24N8O2. The first kappa shape index (κ1) is 19.7. The van der Waals surface area contributed by atoms with Crippen LogP contribution in [0, 0.1) is 0 Å². The Morgan fingerprint density at radius 2 is 1.93 bits per heavy atom. The number of amides is 2. The van der Waals surface area contributed by atoms with E-state index in [0.717, 1.165) is 5.69 Å². The Bertz CT molecular complexity index is 1100. The van der Waals surface area contributed by atoms with Crippen molar-refractivity contribution in [1.29, 1.82) is 0 Å². The molecule has 3 heterocycles. The topological polar surface area (TPSA) is 132 Å². The number of nitrogens with zero attached hydrogens (tertiary/aromatic N) is 6. The van der Waals surface area contributed by atoms with Crippen molar-refractivity contribution >= 4 is 28.9 Å². The number of carbonyl (C=O) groups is 2. The fraction of sp³-hybridized carbons (Fsp3) is 0.400. The molecule has 0 aliphatic carbocycles. The summed E-state index contributed by atoms with van der Waals surface area (Å²) in [5, 5.41) is 11.6. The summed E-state index contributed by atoms with van der Waals surface area (Å²) in [5.41, 5.74) is 8.39. The number of nitrogens with two attached hydrogens (primary N) is 1. The molecule has 10 heteroatoms. The highest BCUT2D eigenvalue weighted by Gasteiger charge is 2.29. The minimum Gasteiger partial charge on any atom is -0.361 e. The Morgan fingerprint density at radius 3 is 2.60 bits per heavy atom. The molecule has 10 nitrogen and oxygen atoms in total. The Balaban J connectivity index is 1.55. The van der Waals surface area contributed by atoms with E-state index in [0.29, 0.717) is 36.6 Å². The second-order valence-electron chi connectivity index (χ2n) is 8.45. The largest absolute Gasteiger partial charge is 0.361 e. The molecule has 3 aromatic rings. The van der Waals surface area contributed by atoms with Crippen molar-refractivity contribution in [3.8, 4) is 5.69 Å². The van der Waals surface area contributed by atoms with Gasteiger partial charge in [-0.3, -0.25) is 9.59 Å². The highest BCUT2D eigenvalue weighted by atomic mass is 16.2. The zero-order chi connectivity index (χ0) is 21.5. The lowest BCUT2D eigenvalue weighted by atomic mass is 9.87. The first-order valence-corrected chi connectivity index (χ1v) is 9.77. The van der Waals surface area contributed by atoms with E-state index in [1.54, 1.807) is 10.9 Å². The number of aromatic nitrogens is 5.